The van der Waals surface area contributed by atoms with E-state index in [9.17, 15) is 9.59 Å². The topological polar surface area (TPSA) is 80.1 Å². The fourth-order valence-electron chi connectivity index (χ4n) is 4.22. The zero-order valence-corrected chi connectivity index (χ0v) is 17.3. The van der Waals surface area contributed by atoms with Crippen LogP contribution in [0, 0.1) is 0 Å². The van der Waals surface area contributed by atoms with E-state index in [4.69, 9.17) is 0 Å². The summed E-state index contributed by atoms with van der Waals surface area (Å²) < 4.78 is 1.78. The van der Waals surface area contributed by atoms with Gasteiger partial charge in [0.25, 0.3) is 5.91 Å². The molecule has 2 unspecified atom stereocenters. The van der Waals surface area contributed by atoms with Crippen molar-refractivity contribution in [1.29, 1.82) is 0 Å². The monoisotopic (exact) mass is 427 g/mol. The van der Waals surface area contributed by atoms with Crippen LogP contribution in [0.1, 0.15) is 5.56 Å². The molecule has 1 N–H and O–H groups in total. The second-order valence-electron chi connectivity index (χ2n) is 7.67. The van der Waals surface area contributed by atoms with Crippen LogP contribution in [-0.2, 0) is 11.8 Å². The van der Waals surface area contributed by atoms with Crippen molar-refractivity contribution in [2.24, 2.45) is 7.05 Å². The van der Waals surface area contributed by atoms with Crippen LogP contribution in [0.25, 0.3) is 26.6 Å². The van der Waals surface area contributed by atoms with Crippen molar-refractivity contribution in [1.82, 2.24) is 20.1 Å². The van der Waals surface area contributed by atoms with Crippen molar-refractivity contribution in [2.75, 3.05) is 4.90 Å². The number of pyridine rings is 1. The Morgan fingerprint density at radius 1 is 1.06 bits per heavy atom. The summed E-state index contributed by atoms with van der Waals surface area (Å²) in [5, 5.41) is 9.79. The average Bonchev–Trinajstić information content (AvgIpc) is 3.36. The van der Waals surface area contributed by atoms with E-state index in [0.29, 0.717) is 5.69 Å². The number of aryl methyl sites for hydroxylation is 1. The summed E-state index contributed by atoms with van der Waals surface area (Å²) in [6, 6.07) is 12.9. The molecular weight excluding hydrogens is 410 g/mol. The van der Waals surface area contributed by atoms with Gasteiger partial charge in [0.15, 0.2) is 0 Å². The first-order valence-corrected chi connectivity index (χ1v) is 10.8. The summed E-state index contributed by atoms with van der Waals surface area (Å²) in [6.07, 6.45) is 7.23. The van der Waals surface area contributed by atoms with Crippen LogP contribution in [0.4, 0.5) is 10.5 Å². The van der Waals surface area contributed by atoms with Gasteiger partial charge in [-0.15, -0.1) is 11.8 Å². The van der Waals surface area contributed by atoms with Gasteiger partial charge in [-0.3, -0.25) is 14.5 Å². The molecule has 2 aromatic carbocycles. The number of carbonyl (C=O) groups excluding carboxylic acids is 2. The molecule has 0 saturated carbocycles. The normalized spacial score (nSPS) is 20.8. The number of hydrogen-bond donors (Lipinski definition) is 1. The first-order valence-electron chi connectivity index (χ1n) is 9.88. The Balaban J connectivity index is 1.35. The van der Waals surface area contributed by atoms with E-state index in [-0.39, 0.29) is 11.9 Å². The number of nitrogens with one attached hydrogen (secondary N) is 1. The fourth-order valence-corrected chi connectivity index (χ4v) is 5.48. The van der Waals surface area contributed by atoms with Crippen molar-refractivity contribution >= 4 is 56.0 Å². The molecule has 2 aliphatic rings. The minimum Gasteiger partial charge on any atom is -0.329 e. The second-order valence-corrected chi connectivity index (χ2v) is 8.86. The van der Waals surface area contributed by atoms with Crippen molar-refractivity contribution in [3.8, 4) is 0 Å². The lowest BCUT2D eigenvalue weighted by Gasteiger charge is -2.33. The van der Waals surface area contributed by atoms with Crippen LogP contribution >= 0.6 is 11.8 Å². The van der Waals surface area contributed by atoms with E-state index in [1.165, 1.54) is 16.7 Å². The highest BCUT2D eigenvalue weighted by Crippen LogP contribution is 2.43. The fraction of sp³-hybridized carbons (Fsp3) is 0.130. The largest absolute Gasteiger partial charge is 0.329 e. The molecule has 2 aliphatic heterocycles. The number of amides is 3. The Hall–Kier alpha value is -3.65. The van der Waals surface area contributed by atoms with Gasteiger partial charge in [-0.1, -0.05) is 36.4 Å². The molecule has 2 atom stereocenters. The van der Waals surface area contributed by atoms with Gasteiger partial charge < -0.3 is 5.32 Å². The highest BCUT2D eigenvalue weighted by molar-refractivity contribution is 8.09. The Bertz CT molecular complexity index is 1420. The number of hydrogen-bond acceptors (Lipinski definition) is 5. The molecule has 0 bridgehead atoms. The molecule has 4 aromatic rings. The molecule has 1 fully saturated rings. The van der Waals surface area contributed by atoms with Gasteiger partial charge in [0.2, 0.25) is 0 Å². The molecule has 4 heterocycles. The third kappa shape index (κ3) is 2.83. The van der Waals surface area contributed by atoms with E-state index in [0.717, 1.165) is 32.1 Å². The molecule has 152 valence electrons. The van der Waals surface area contributed by atoms with E-state index < -0.39 is 11.3 Å². The van der Waals surface area contributed by atoms with Crippen molar-refractivity contribution < 1.29 is 9.59 Å². The third-order valence-electron chi connectivity index (χ3n) is 5.66. The van der Waals surface area contributed by atoms with E-state index in [1.807, 2.05) is 61.8 Å². The first-order chi connectivity index (χ1) is 15.1. The maximum Gasteiger partial charge on any atom is 0.329 e. The number of rotatable bonds is 2. The minimum atomic E-state index is -0.428. The minimum absolute atomic E-state index is 0.234. The SMILES string of the molecule is Cn1cc2ccc(C3=CC4NC(=O)N(c5cncc6ccccc56)C(=O)C4S3)cc2n1. The number of benzene rings is 2. The molecule has 6 rings (SSSR count). The predicted molar refractivity (Wildman–Crippen MR) is 122 cm³/mol. The van der Waals surface area contributed by atoms with E-state index >= 15 is 0 Å². The van der Waals surface area contributed by atoms with Crippen LogP contribution in [0.15, 0.2) is 67.1 Å². The Labute approximate surface area is 181 Å². The smallest absolute Gasteiger partial charge is 0.329 e. The van der Waals surface area contributed by atoms with Gasteiger partial charge in [-0.2, -0.15) is 5.10 Å². The Kier molecular flexibility index (Phi) is 3.91. The van der Waals surface area contributed by atoms with Crippen LogP contribution in [0.3, 0.4) is 0 Å². The Morgan fingerprint density at radius 2 is 1.94 bits per heavy atom. The molecular formula is C23H17N5O2S. The van der Waals surface area contributed by atoms with Gasteiger partial charge >= 0.3 is 6.03 Å². The van der Waals surface area contributed by atoms with Crippen molar-refractivity contribution in [3.05, 3.63) is 72.7 Å². The van der Waals surface area contributed by atoms with Crippen LogP contribution < -0.4 is 10.2 Å². The van der Waals surface area contributed by atoms with E-state index in [1.54, 1.807) is 17.1 Å². The highest BCUT2D eigenvalue weighted by atomic mass is 32.2. The van der Waals surface area contributed by atoms with Crippen LogP contribution in [0.2, 0.25) is 0 Å². The van der Waals surface area contributed by atoms with Crippen molar-refractivity contribution in [2.45, 2.75) is 11.3 Å². The first kappa shape index (κ1) is 18.1. The number of carbonyl (C=O) groups is 2. The van der Waals surface area contributed by atoms with Gasteiger partial charge in [0, 0.05) is 40.5 Å². The van der Waals surface area contributed by atoms with Gasteiger partial charge in [-0.05, 0) is 17.7 Å². The van der Waals surface area contributed by atoms with Gasteiger partial charge in [0.1, 0.15) is 5.25 Å². The summed E-state index contributed by atoms with van der Waals surface area (Å²) in [4.78, 5) is 32.8. The zero-order chi connectivity index (χ0) is 21.1. The maximum absolute atomic E-state index is 13.4. The number of nitrogens with zero attached hydrogens (tertiary/aromatic N) is 4. The molecule has 7 nitrogen and oxygen atoms in total. The summed E-state index contributed by atoms with van der Waals surface area (Å²) in [7, 11) is 1.89. The number of urea groups is 1. The standard InChI is InChI=1S/C23H17N5O2S/c1-27-12-15-7-6-13(8-17(15)26-27)20-9-18-21(31-20)22(29)28(23(30)25-18)19-11-24-10-14-4-2-3-5-16(14)19/h2-12,18,21H,1H3,(H,25,30). The summed E-state index contributed by atoms with van der Waals surface area (Å²) in [5.41, 5.74) is 2.39. The quantitative estimate of drug-likeness (QED) is 0.528. The number of thioether (sulfide) groups is 1. The van der Waals surface area contributed by atoms with Crippen LogP contribution in [-0.4, -0.2) is 38.0 Å². The molecule has 3 amide bonds. The lowest BCUT2D eigenvalue weighted by atomic mass is 10.1. The van der Waals surface area contributed by atoms with Gasteiger partial charge in [-0.25, -0.2) is 9.69 Å². The molecule has 0 spiro atoms. The zero-order valence-electron chi connectivity index (χ0n) is 16.5. The number of aromatic nitrogens is 3. The molecule has 8 heteroatoms. The second kappa shape index (κ2) is 6.68. The summed E-state index contributed by atoms with van der Waals surface area (Å²) in [6.45, 7) is 0. The lowest BCUT2D eigenvalue weighted by molar-refractivity contribution is -0.118. The Morgan fingerprint density at radius 3 is 2.84 bits per heavy atom. The number of imide groups is 1. The van der Waals surface area contributed by atoms with E-state index in [2.05, 4.69) is 15.4 Å². The van der Waals surface area contributed by atoms with Crippen LogP contribution in [0.5, 0.6) is 0 Å². The van der Waals surface area contributed by atoms with Crippen molar-refractivity contribution in [3.63, 3.8) is 0 Å². The maximum atomic E-state index is 13.4. The predicted octanol–water partition coefficient (Wildman–Crippen LogP) is 3.70. The van der Waals surface area contributed by atoms with Gasteiger partial charge in [0.05, 0.1) is 23.4 Å². The average molecular weight is 427 g/mol. The summed E-state index contributed by atoms with van der Waals surface area (Å²) in [5.74, 6) is -0.234. The molecule has 31 heavy (non-hydrogen) atoms. The highest BCUT2D eigenvalue weighted by Gasteiger charge is 2.45. The number of fused-ring (bicyclic) bond motifs is 3. The number of anilines is 1. The lowest BCUT2D eigenvalue weighted by Crippen LogP contribution is -2.60. The summed E-state index contributed by atoms with van der Waals surface area (Å²) >= 11 is 1.48. The molecule has 1 saturated heterocycles. The molecule has 0 aliphatic carbocycles. The third-order valence-corrected chi connectivity index (χ3v) is 7.04. The molecule has 0 radical (unpaired) electrons. The molecule has 2 aromatic heterocycles.